The number of ether oxygens (including phenoxy) is 2. The van der Waals surface area contributed by atoms with Crippen LogP contribution in [0.15, 0.2) is 102 Å². The molecule has 0 fully saturated rings. The van der Waals surface area contributed by atoms with Crippen LogP contribution in [0.25, 0.3) is 10.9 Å². The van der Waals surface area contributed by atoms with Crippen molar-refractivity contribution in [2.75, 3.05) is 4.72 Å². The van der Waals surface area contributed by atoms with Crippen LogP contribution in [-0.4, -0.2) is 40.5 Å². The molecule has 0 atom stereocenters. The number of para-hydroxylation sites is 1. The zero-order valence-corrected chi connectivity index (χ0v) is 22.4. The Balaban J connectivity index is 1.49. The monoisotopic (exact) mass is 585 g/mol. The highest BCUT2D eigenvalue weighted by Crippen LogP contribution is 2.34. The summed E-state index contributed by atoms with van der Waals surface area (Å²) in [5.74, 6) is 0.159. The SMILES string of the molecule is N=C(NO)c1ccc(Oc2ccc(NS(=O)(=O)c3cccc4cccnc34)c(Oc3ccc(C(=N)NO)cc3)n2)cc1. The fourth-order valence-corrected chi connectivity index (χ4v) is 5.11. The van der Waals surface area contributed by atoms with Crippen LogP contribution in [-0.2, 0) is 10.0 Å². The molecule has 3 aromatic carbocycles. The number of hydrogen-bond acceptors (Lipinski definition) is 10. The first kappa shape index (κ1) is 28.0. The third kappa shape index (κ3) is 6.10. The lowest BCUT2D eigenvalue weighted by molar-refractivity contribution is 0.234. The second-order valence-corrected chi connectivity index (χ2v) is 10.3. The third-order valence-corrected chi connectivity index (χ3v) is 7.31. The first-order valence-corrected chi connectivity index (χ1v) is 13.7. The number of sulfonamides is 1. The second-order valence-electron chi connectivity index (χ2n) is 8.67. The summed E-state index contributed by atoms with van der Waals surface area (Å²) in [6.45, 7) is 0. The topological polar surface area (TPSA) is 203 Å². The number of aromatic nitrogens is 2. The summed E-state index contributed by atoms with van der Waals surface area (Å²) in [7, 11) is -4.15. The van der Waals surface area contributed by atoms with Gasteiger partial charge in [-0.1, -0.05) is 18.2 Å². The minimum absolute atomic E-state index is 0.0157. The molecule has 0 aliphatic rings. The van der Waals surface area contributed by atoms with E-state index in [2.05, 4.69) is 14.7 Å². The third-order valence-electron chi connectivity index (χ3n) is 5.91. The van der Waals surface area contributed by atoms with Gasteiger partial charge in [0.15, 0.2) is 0 Å². The zero-order chi connectivity index (χ0) is 29.7. The van der Waals surface area contributed by atoms with Gasteiger partial charge in [-0.25, -0.2) is 8.42 Å². The molecule has 0 aliphatic heterocycles. The highest BCUT2D eigenvalue weighted by atomic mass is 32.2. The molecular weight excluding hydrogens is 562 g/mol. The Kier molecular flexibility index (Phi) is 7.92. The molecule has 0 spiro atoms. The van der Waals surface area contributed by atoms with Gasteiger partial charge in [0.25, 0.3) is 10.0 Å². The average Bonchev–Trinajstić information content (AvgIpc) is 3.02. The Morgan fingerprint density at radius 1 is 0.738 bits per heavy atom. The van der Waals surface area contributed by atoms with Crippen LogP contribution in [0.3, 0.4) is 0 Å². The zero-order valence-electron chi connectivity index (χ0n) is 21.6. The molecule has 5 rings (SSSR count). The summed E-state index contributed by atoms with van der Waals surface area (Å²) in [4.78, 5) is 8.58. The van der Waals surface area contributed by atoms with Crippen LogP contribution < -0.4 is 25.2 Å². The lowest BCUT2D eigenvalue weighted by atomic mass is 10.2. The molecule has 0 bridgehead atoms. The molecule has 2 heterocycles. The van der Waals surface area contributed by atoms with Crippen LogP contribution in [0.1, 0.15) is 11.1 Å². The Bertz CT molecular complexity index is 1880. The number of amidine groups is 2. The number of hydrogen-bond donors (Lipinski definition) is 7. The Labute approximate surface area is 239 Å². The van der Waals surface area contributed by atoms with Crippen molar-refractivity contribution in [3.8, 4) is 23.3 Å². The van der Waals surface area contributed by atoms with Gasteiger partial charge in [0.2, 0.25) is 11.8 Å². The molecular formula is C28H23N7O6S. The Hall–Kier alpha value is -5.57. The minimum atomic E-state index is -4.15. The van der Waals surface area contributed by atoms with Gasteiger partial charge in [-0.3, -0.25) is 41.9 Å². The first-order valence-electron chi connectivity index (χ1n) is 12.2. The van der Waals surface area contributed by atoms with Gasteiger partial charge in [-0.2, -0.15) is 4.98 Å². The molecule has 0 amide bonds. The second kappa shape index (κ2) is 11.9. The Morgan fingerprint density at radius 3 is 1.95 bits per heavy atom. The van der Waals surface area contributed by atoms with Crippen molar-refractivity contribution < 1.29 is 28.3 Å². The lowest BCUT2D eigenvalue weighted by Gasteiger charge is -2.15. The van der Waals surface area contributed by atoms with E-state index in [1.807, 2.05) is 0 Å². The largest absolute Gasteiger partial charge is 0.439 e. The maximum atomic E-state index is 13.5. The van der Waals surface area contributed by atoms with Crippen LogP contribution in [0.4, 0.5) is 5.69 Å². The maximum Gasteiger partial charge on any atom is 0.264 e. The van der Waals surface area contributed by atoms with E-state index in [0.29, 0.717) is 27.8 Å². The van der Waals surface area contributed by atoms with Crippen LogP contribution in [0, 0.1) is 10.8 Å². The van der Waals surface area contributed by atoms with E-state index < -0.39 is 10.0 Å². The van der Waals surface area contributed by atoms with E-state index in [1.165, 1.54) is 48.7 Å². The number of nitrogens with zero attached hydrogens (tertiary/aromatic N) is 2. The van der Waals surface area contributed by atoms with Crippen molar-refractivity contribution >= 4 is 38.3 Å². The molecule has 7 N–H and O–H groups in total. The molecule has 42 heavy (non-hydrogen) atoms. The van der Waals surface area contributed by atoms with Crippen molar-refractivity contribution in [2.24, 2.45) is 0 Å². The number of pyridine rings is 2. The highest BCUT2D eigenvalue weighted by molar-refractivity contribution is 7.93. The van der Waals surface area contributed by atoms with E-state index in [0.717, 1.165) is 0 Å². The van der Waals surface area contributed by atoms with Crippen molar-refractivity contribution in [2.45, 2.75) is 4.90 Å². The molecule has 0 saturated heterocycles. The molecule has 13 nitrogen and oxygen atoms in total. The van der Waals surface area contributed by atoms with Gasteiger partial charge in [0.05, 0.1) is 5.52 Å². The summed E-state index contributed by atoms with van der Waals surface area (Å²) < 4.78 is 41.3. The van der Waals surface area contributed by atoms with Gasteiger partial charge in [-0.05, 0) is 66.7 Å². The number of benzene rings is 3. The normalized spacial score (nSPS) is 11.0. The van der Waals surface area contributed by atoms with Crippen molar-refractivity contribution in [1.29, 1.82) is 10.8 Å². The first-order chi connectivity index (χ1) is 20.3. The minimum Gasteiger partial charge on any atom is -0.439 e. The molecule has 2 aromatic heterocycles. The summed E-state index contributed by atoms with van der Waals surface area (Å²) in [5, 5.41) is 33.9. The van der Waals surface area contributed by atoms with Crippen LogP contribution in [0.5, 0.6) is 23.3 Å². The summed E-state index contributed by atoms with van der Waals surface area (Å²) in [6.07, 6.45) is 1.51. The van der Waals surface area contributed by atoms with E-state index in [1.54, 1.807) is 59.5 Å². The van der Waals surface area contributed by atoms with E-state index in [-0.39, 0.29) is 39.8 Å². The quantitative estimate of drug-likeness (QED) is 0.0726. The molecule has 0 radical (unpaired) electrons. The van der Waals surface area contributed by atoms with Crippen LogP contribution >= 0.6 is 0 Å². The Morgan fingerprint density at radius 2 is 1.33 bits per heavy atom. The average molecular weight is 586 g/mol. The van der Waals surface area contributed by atoms with Crippen molar-refractivity contribution in [3.63, 3.8) is 0 Å². The fraction of sp³-hybridized carbons (Fsp3) is 0. The summed E-state index contributed by atoms with van der Waals surface area (Å²) in [5.41, 5.74) is 4.64. The smallest absolute Gasteiger partial charge is 0.264 e. The van der Waals surface area contributed by atoms with Gasteiger partial charge in [0.1, 0.15) is 33.8 Å². The number of anilines is 1. The van der Waals surface area contributed by atoms with Crippen molar-refractivity contribution in [1.82, 2.24) is 20.9 Å². The fourth-order valence-electron chi connectivity index (χ4n) is 3.87. The highest BCUT2D eigenvalue weighted by Gasteiger charge is 2.22. The van der Waals surface area contributed by atoms with Crippen LogP contribution in [0.2, 0.25) is 0 Å². The number of nitrogens with one attached hydrogen (secondary N) is 5. The number of hydroxylamine groups is 2. The van der Waals surface area contributed by atoms with E-state index in [4.69, 9.17) is 30.7 Å². The summed E-state index contributed by atoms with van der Waals surface area (Å²) in [6, 6.07) is 23.5. The predicted molar refractivity (Wildman–Crippen MR) is 153 cm³/mol. The van der Waals surface area contributed by atoms with E-state index >= 15 is 0 Å². The maximum absolute atomic E-state index is 13.5. The summed E-state index contributed by atoms with van der Waals surface area (Å²) >= 11 is 0. The molecule has 212 valence electrons. The van der Waals surface area contributed by atoms with E-state index in [9.17, 15) is 8.42 Å². The molecule has 0 saturated carbocycles. The number of rotatable bonds is 9. The predicted octanol–water partition coefficient (Wildman–Crippen LogP) is 4.62. The number of fused-ring (bicyclic) bond motifs is 1. The van der Waals surface area contributed by atoms with Gasteiger partial charge in [-0.15, -0.1) is 0 Å². The van der Waals surface area contributed by atoms with Crippen molar-refractivity contribution in [3.05, 3.63) is 108 Å². The molecule has 5 aromatic rings. The van der Waals surface area contributed by atoms with Gasteiger partial charge < -0.3 is 9.47 Å². The van der Waals surface area contributed by atoms with Gasteiger partial charge >= 0.3 is 0 Å². The lowest BCUT2D eigenvalue weighted by Crippen LogP contribution is -2.18. The standard InChI is InChI=1S/C28H23N7O6S/c29-26(33-36)18-6-10-20(11-7-18)40-24-15-14-22(28(32-24)41-21-12-8-19(9-13-21)27(30)34-37)35-42(38,39)23-5-1-3-17-4-2-16-31-25(17)23/h1-16,35-37H,(H2,29,33)(H2,30,34). The molecule has 14 heteroatoms. The molecule has 0 aliphatic carbocycles. The molecule has 0 unspecified atom stereocenters. The van der Waals surface area contributed by atoms with Gasteiger partial charge in [0, 0.05) is 28.8 Å².